The number of nitrogens with one attached hydrogen (secondary N) is 1. The summed E-state index contributed by atoms with van der Waals surface area (Å²) in [5.74, 6) is 1.33. The molecular weight excluding hydrogens is 222 g/mol. The molecular formula is C11H15N3OS. The van der Waals surface area contributed by atoms with Gasteiger partial charge in [0.2, 0.25) is 5.89 Å². The van der Waals surface area contributed by atoms with E-state index in [-0.39, 0.29) is 0 Å². The summed E-state index contributed by atoms with van der Waals surface area (Å²) < 4.78 is 4.92. The van der Waals surface area contributed by atoms with Gasteiger partial charge in [-0.1, -0.05) is 18.1 Å². The summed E-state index contributed by atoms with van der Waals surface area (Å²) >= 11 is 1.77. The molecule has 0 saturated carbocycles. The Bertz CT molecular complexity index is 424. The second-order valence-corrected chi connectivity index (χ2v) is 4.57. The molecule has 0 bridgehead atoms. The van der Waals surface area contributed by atoms with Gasteiger partial charge in [-0.25, -0.2) is 0 Å². The first kappa shape index (κ1) is 11.3. The van der Waals surface area contributed by atoms with E-state index in [1.54, 1.807) is 18.3 Å². The first-order valence-electron chi connectivity index (χ1n) is 5.35. The van der Waals surface area contributed by atoms with E-state index in [1.807, 2.05) is 0 Å². The van der Waals surface area contributed by atoms with Crippen LogP contribution in [-0.2, 0) is 6.54 Å². The van der Waals surface area contributed by atoms with Crippen LogP contribution in [0.1, 0.15) is 36.0 Å². The van der Waals surface area contributed by atoms with Gasteiger partial charge < -0.3 is 9.84 Å². The van der Waals surface area contributed by atoms with Crippen LogP contribution < -0.4 is 5.32 Å². The molecule has 0 aliphatic heterocycles. The number of aromatic nitrogens is 2. The molecule has 0 saturated heterocycles. The van der Waals surface area contributed by atoms with E-state index in [9.17, 15) is 0 Å². The number of thiophene rings is 1. The molecule has 2 aromatic rings. The van der Waals surface area contributed by atoms with Crippen molar-refractivity contribution >= 4 is 11.3 Å². The highest BCUT2D eigenvalue weighted by molar-refractivity contribution is 7.10. The molecule has 5 heteroatoms. The molecule has 0 aliphatic rings. The molecule has 1 atom stereocenters. The number of rotatable bonds is 5. The van der Waals surface area contributed by atoms with Gasteiger partial charge in [-0.3, -0.25) is 0 Å². The summed E-state index contributed by atoms with van der Waals surface area (Å²) in [6.45, 7) is 4.61. The molecule has 0 unspecified atom stereocenters. The molecule has 4 nitrogen and oxygen atoms in total. The quantitative estimate of drug-likeness (QED) is 0.868. The molecule has 2 rings (SSSR count). The second-order valence-electron chi connectivity index (χ2n) is 3.59. The fourth-order valence-corrected chi connectivity index (χ4v) is 2.45. The standard InChI is InChI=1S/C11H15N3OS/c1-3-9(10-5-4-6-16-10)12-7-11-13-8(2)15-14-11/h4-6,9,12H,3,7H2,1-2H3/t9-/m0/s1. The van der Waals surface area contributed by atoms with E-state index in [0.29, 0.717) is 24.3 Å². The Labute approximate surface area is 98.7 Å². The van der Waals surface area contributed by atoms with Crippen LogP contribution in [0.2, 0.25) is 0 Å². The predicted molar refractivity (Wildman–Crippen MR) is 63.2 cm³/mol. The Morgan fingerprint density at radius 3 is 3.00 bits per heavy atom. The van der Waals surface area contributed by atoms with Crippen LogP contribution in [0.15, 0.2) is 22.0 Å². The third kappa shape index (κ3) is 2.68. The molecule has 1 N–H and O–H groups in total. The maximum absolute atomic E-state index is 4.92. The molecule has 2 aromatic heterocycles. The van der Waals surface area contributed by atoms with Gasteiger partial charge in [0.25, 0.3) is 0 Å². The normalized spacial score (nSPS) is 12.9. The number of aryl methyl sites for hydroxylation is 1. The molecule has 0 radical (unpaired) electrons. The van der Waals surface area contributed by atoms with Crippen molar-refractivity contribution in [2.24, 2.45) is 0 Å². The number of hydrogen-bond acceptors (Lipinski definition) is 5. The maximum Gasteiger partial charge on any atom is 0.223 e. The van der Waals surface area contributed by atoms with Gasteiger partial charge >= 0.3 is 0 Å². The monoisotopic (exact) mass is 237 g/mol. The minimum atomic E-state index is 0.374. The van der Waals surface area contributed by atoms with Gasteiger partial charge in [-0.15, -0.1) is 11.3 Å². The predicted octanol–water partition coefficient (Wildman–Crippen LogP) is 2.68. The highest BCUT2D eigenvalue weighted by Gasteiger charge is 2.11. The Balaban J connectivity index is 1.93. The van der Waals surface area contributed by atoms with Crippen LogP contribution >= 0.6 is 11.3 Å². The zero-order valence-corrected chi connectivity index (χ0v) is 10.3. The Kier molecular flexibility index (Phi) is 3.69. The SMILES string of the molecule is CC[C@H](NCc1noc(C)n1)c1cccs1. The van der Waals surface area contributed by atoms with Crippen LogP contribution in [0.5, 0.6) is 0 Å². The van der Waals surface area contributed by atoms with Gasteiger partial charge in [0.05, 0.1) is 6.54 Å². The molecule has 0 aromatic carbocycles. The van der Waals surface area contributed by atoms with Crippen molar-refractivity contribution < 1.29 is 4.52 Å². The molecule has 0 spiro atoms. The van der Waals surface area contributed by atoms with Crippen molar-refractivity contribution in [3.8, 4) is 0 Å². The minimum absolute atomic E-state index is 0.374. The van der Waals surface area contributed by atoms with Crippen molar-refractivity contribution in [2.45, 2.75) is 32.9 Å². The summed E-state index contributed by atoms with van der Waals surface area (Å²) in [5.41, 5.74) is 0. The second kappa shape index (κ2) is 5.23. The third-order valence-electron chi connectivity index (χ3n) is 2.37. The Hall–Kier alpha value is -1.20. The summed E-state index contributed by atoms with van der Waals surface area (Å²) in [4.78, 5) is 5.51. The van der Waals surface area contributed by atoms with E-state index < -0.39 is 0 Å². The smallest absolute Gasteiger partial charge is 0.223 e. The average Bonchev–Trinajstić information content (AvgIpc) is 2.91. The van der Waals surface area contributed by atoms with Crippen molar-refractivity contribution in [1.82, 2.24) is 15.5 Å². The summed E-state index contributed by atoms with van der Waals surface area (Å²) in [7, 11) is 0. The van der Waals surface area contributed by atoms with Crippen LogP contribution in [0.4, 0.5) is 0 Å². The molecule has 2 heterocycles. The van der Waals surface area contributed by atoms with Crippen LogP contribution in [0.3, 0.4) is 0 Å². The van der Waals surface area contributed by atoms with Gasteiger partial charge in [0.15, 0.2) is 5.82 Å². The lowest BCUT2D eigenvalue weighted by Gasteiger charge is -2.13. The highest BCUT2D eigenvalue weighted by Crippen LogP contribution is 2.21. The fraction of sp³-hybridized carbons (Fsp3) is 0.455. The zero-order valence-electron chi connectivity index (χ0n) is 9.43. The van der Waals surface area contributed by atoms with Gasteiger partial charge in [-0.05, 0) is 17.9 Å². The fourth-order valence-electron chi connectivity index (χ4n) is 1.56. The first-order valence-corrected chi connectivity index (χ1v) is 6.23. The van der Waals surface area contributed by atoms with Gasteiger partial charge in [-0.2, -0.15) is 4.98 Å². The van der Waals surface area contributed by atoms with Crippen molar-refractivity contribution in [3.63, 3.8) is 0 Å². The van der Waals surface area contributed by atoms with Gasteiger partial charge in [0.1, 0.15) is 0 Å². The van der Waals surface area contributed by atoms with E-state index in [2.05, 4.69) is 39.9 Å². The largest absolute Gasteiger partial charge is 0.340 e. The highest BCUT2D eigenvalue weighted by atomic mass is 32.1. The Morgan fingerprint density at radius 2 is 2.44 bits per heavy atom. The lowest BCUT2D eigenvalue weighted by molar-refractivity contribution is 0.383. The average molecular weight is 237 g/mol. The van der Waals surface area contributed by atoms with Crippen LogP contribution in [0.25, 0.3) is 0 Å². The van der Waals surface area contributed by atoms with E-state index >= 15 is 0 Å². The first-order chi connectivity index (χ1) is 7.79. The van der Waals surface area contributed by atoms with Crippen molar-refractivity contribution in [3.05, 3.63) is 34.1 Å². The van der Waals surface area contributed by atoms with E-state index in [0.717, 1.165) is 6.42 Å². The van der Waals surface area contributed by atoms with Crippen LogP contribution in [0, 0.1) is 6.92 Å². The molecule has 0 amide bonds. The summed E-state index contributed by atoms with van der Waals surface area (Å²) in [6.07, 6.45) is 1.05. The molecule has 0 fully saturated rings. The number of hydrogen-bond donors (Lipinski definition) is 1. The Morgan fingerprint density at radius 1 is 1.56 bits per heavy atom. The lowest BCUT2D eigenvalue weighted by atomic mass is 10.2. The third-order valence-corrected chi connectivity index (χ3v) is 3.36. The lowest BCUT2D eigenvalue weighted by Crippen LogP contribution is -2.20. The number of nitrogens with zero attached hydrogens (tertiary/aromatic N) is 2. The summed E-state index contributed by atoms with van der Waals surface area (Å²) in [6, 6.07) is 4.59. The molecule has 0 aliphatic carbocycles. The van der Waals surface area contributed by atoms with E-state index in [4.69, 9.17) is 4.52 Å². The molecule has 16 heavy (non-hydrogen) atoms. The van der Waals surface area contributed by atoms with Gasteiger partial charge in [0, 0.05) is 17.8 Å². The van der Waals surface area contributed by atoms with Crippen LogP contribution in [-0.4, -0.2) is 10.1 Å². The van der Waals surface area contributed by atoms with Crippen molar-refractivity contribution in [1.29, 1.82) is 0 Å². The maximum atomic E-state index is 4.92. The summed E-state index contributed by atoms with van der Waals surface area (Å²) in [5, 5.41) is 9.38. The molecule has 86 valence electrons. The van der Waals surface area contributed by atoms with Crippen molar-refractivity contribution in [2.75, 3.05) is 0 Å². The zero-order chi connectivity index (χ0) is 11.4. The minimum Gasteiger partial charge on any atom is -0.340 e. The topological polar surface area (TPSA) is 51.0 Å². The van der Waals surface area contributed by atoms with E-state index in [1.165, 1.54) is 4.88 Å².